The number of likely N-dealkylation sites (tertiary alicyclic amines) is 1. The summed E-state index contributed by atoms with van der Waals surface area (Å²) in [7, 11) is 1.52. The summed E-state index contributed by atoms with van der Waals surface area (Å²) in [6.07, 6.45) is 2.22. The van der Waals surface area contributed by atoms with Crippen LogP contribution in [-0.4, -0.2) is 56.0 Å². The van der Waals surface area contributed by atoms with Gasteiger partial charge >= 0.3 is 5.97 Å². The summed E-state index contributed by atoms with van der Waals surface area (Å²) in [6.45, 7) is 1.99. The monoisotopic (exact) mass is 482 g/mol. The fourth-order valence-electron chi connectivity index (χ4n) is 3.21. The van der Waals surface area contributed by atoms with Crippen molar-refractivity contribution in [3.8, 4) is 11.5 Å². The first-order valence-corrected chi connectivity index (χ1v) is 9.76. The molecule has 1 fully saturated rings. The highest BCUT2D eigenvalue weighted by atomic mass is 35.5. The Labute approximate surface area is 199 Å². The average Bonchev–Trinajstić information content (AvgIpc) is 3.31. The summed E-state index contributed by atoms with van der Waals surface area (Å²) in [5, 5.41) is 15.8. The highest BCUT2D eigenvalue weighted by Crippen LogP contribution is 2.27. The smallest absolute Gasteiger partial charge is 0.338 e. The van der Waals surface area contributed by atoms with E-state index in [1.807, 2.05) is 4.90 Å². The average molecular weight is 483 g/mol. The molecule has 3 rings (SSSR count). The van der Waals surface area contributed by atoms with Gasteiger partial charge in [-0.15, -0.1) is 24.8 Å². The molecule has 0 radical (unpaired) electrons. The molecule has 0 bridgehead atoms. The first-order valence-electron chi connectivity index (χ1n) is 9.76. The quantitative estimate of drug-likeness (QED) is 0.229. The Bertz CT molecular complexity index is 932. The molecule has 32 heavy (non-hydrogen) atoms. The maximum atomic E-state index is 12.2. The van der Waals surface area contributed by atoms with Gasteiger partial charge in [0.25, 0.3) is 0 Å². The second-order valence-corrected chi connectivity index (χ2v) is 6.88. The van der Waals surface area contributed by atoms with Gasteiger partial charge in [-0.2, -0.15) is 0 Å². The molecule has 8 nitrogen and oxygen atoms in total. The molecule has 174 valence electrons. The number of benzene rings is 2. The number of carbonyl (C=O) groups is 1. The van der Waals surface area contributed by atoms with E-state index in [4.69, 9.17) is 30.8 Å². The van der Waals surface area contributed by atoms with Crippen LogP contribution in [0.3, 0.4) is 0 Å². The van der Waals surface area contributed by atoms with E-state index < -0.39 is 5.97 Å². The van der Waals surface area contributed by atoms with Crippen LogP contribution in [0.4, 0.5) is 0 Å². The minimum atomic E-state index is -0.456. The number of nitrogen functional groups attached to an aromatic ring is 1. The normalized spacial score (nSPS) is 12.2. The number of nitrogens with two attached hydrogens (primary N) is 1. The zero-order valence-corrected chi connectivity index (χ0v) is 19.4. The summed E-state index contributed by atoms with van der Waals surface area (Å²) in [5.74, 6) is 0.883. The van der Waals surface area contributed by atoms with Gasteiger partial charge in [0.1, 0.15) is 24.9 Å². The van der Waals surface area contributed by atoms with E-state index in [1.54, 1.807) is 42.5 Å². The molecule has 10 heteroatoms. The summed E-state index contributed by atoms with van der Waals surface area (Å²) in [4.78, 5) is 14.3. The molecule has 0 saturated carbocycles. The van der Waals surface area contributed by atoms with Crippen molar-refractivity contribution in [2.45, 2.75) is 12.8 Å². The van der Waals surface area contributed by atoms with Crippen LogP contribution in [0.15, 0.2) is 42.5 Å². The lowest BCUT2D eigenvalue weighted by Crippen LogP contribution is -2.27. The Morgan fingerprint density at radius 2 is 1.53 bits per heavy atom. The molecule has 1 aliphatic rings. The van der Waals surface area contributed by atoms with Crippen LogP contribution in [0.1, 0.15) is 34.3 Å². The van der Waals surface area contributed by atoms with Gasteiger partial charge in [0.15, 0.2) is 11.5 Å². The van der Waals surface area contributed by atoms with Gasteiger partial charge in [-0.1, -0.05) is 12.1 Å². The molecule has 0 unspecified atom stereocenters. The number of nitrogens with one attached hydrogen (secondary N) is 2. The number of methoxy groups -OCH3 is 1. The lowest BCUT2D eigenvalue weighted by atomic mass is 10.1. The summed E-state index contributed by atoms with van der Waals surface area (Å²) in [5.41, 5.74) is 7.22. The molecule has 0 amide bonds. The highest BCUT2D eigenvalue weighted by Gasteiger charge is 2.17. The topological polar surface area (TPSA) is 122 Å². The van der Waals surface area contributed by atoms with Crippen LogP contribution in [0.2, 0.25) is 0 Å². The Morgan fingerprint density at radius 3 is 2.12 bits per heavy atom. The van der Waals surface area contributed by atoms with E-state index >= 15 is 0 Å². The van der Waals surface area contributed by atoms with E-state index in [-0.39, 0.29) is 43.9 Å². The fourth-order valence-corrected chi connectivity index (χ4v) is 3.21. The number of rotatable bonds is 8. The van der Waals surface area contributed by atoms with Crippen molar-refractivity contribution in [1.82, 2.24) is 4.90 Å². The zero-order valence-electron chi connectivity index (χ0n) is 17.8. The number of esters is 1. The molecule has 0 aliphatic carbocycles. The van der Waals surface area contributed by atoms with Gasteiger partial charge in [0.2, 0.25) is 0 Å². The number of carbonyl (C=O) groups excluding carboxylic acids is 1. The van der Waals surface area contributed by atoms with E-state index in [9.17, 15) is 4.79 Å². The number of hydrogen-bond donors (Lipinski definition) is 3. The number of hydrogen-bond acceptors (Lipinski definition) is 6. The second kappa shape index (κ2) is 12.8. The van der Waals surface area contributed by atoms with Crippen LogP contribution < -0.4 is 15.2 Å². The van der Waals surface area contributed by atoms with Gasteiger partial charge in [-0.05, 0) is 43.2 Å². The number of amidine groups is 2. The third-order valence-electron chi connectivity index (χ3n) is 4.87. The molecule has 2 aromatic carbocycles. The van der Waals surface area contributed by atoms with Crippen molar-refractivity contribution in [1.29, 1.82) is 10.8 Å². The van der Waals surface area contributed by atoms with E-state index in [0.29, 0.717) is 28.5 Å². The van der Waals surface area contributed by atoms with Crippen molar-refractivity contribution in [2.75, 3.05) is 33.4 Å². The number of ether oxygens (including phenoxy) is 3. The van der Waals surface area contributed by atoms with Crippen molar-refractivity contribution in [2.24, 2.45) is 5.73 Å². The number of halogens is 2. The molecule has 2 aromatic rings. The van der Waals surface area contributed by atoms with Crippen LogP contribution in [-0.2, 0) is 4.74 Å². The standard InChI is InChI=1S/C22H26N4O4.2ClH/c1-28-18-9-8-17(20(23)24)14-19(18)29-12-13-30-22(27)16-6-4-15(5-7-16)21(25)26-10-2-3-11-26;;/h4-9,14,25H,2-3,10-13H2,1H3,(H3,23,24);2*1H. The Kier molecular flexibility index (Phi) is 10.8. The van der Waals surface area contributed by atoms with Crippen molar-refractivity contribution < 1.29 is 19.0 Å². The van der Waals surface area contributed by atoms with Crippen molar-refractivity contribution >= 4 is 42.5 Å². The first-order chi connectivity index (χ1) is 14.5. The largest absolute Gasteiger partial charge is 0.493 e. The molecular formula is C22H28Cl2N4O4. The molecule has 4 N–H and O–H groups in total. The van der Waals surface area contributed by atoms with Crippen LogP contribution in [0, 0.1) is 10.8 Å². The highest BCUT2D eigenvalue weighted by molar-refractivity contribution is 5.98. The van der Waals surface area contributed by atoms with Gasteiger partial charge in [-0.25, -0.2) is 4.79 Å². The van der Waals surface area contributed by atoms with E-state index in [1.165, 1.54) is 7.11 Å². The van der Waals surface area contributed by atoms with Crippen LogP contribution >= 0.6 is 24.8 Å². The zero-order chi connectivity index (χ0) is 21.5. The number of nitrogens with zero attached hydrogens (tertiary/aromatic N) is 1. The molecule has 1 aliphatic heterocycles. The third-order valence-corrected chi connectivity index (χ3v) is 4.87. The van der Waals surface area contributed by atoms with Gasteiger partial charge < -0.3 is 24.8 Å². The second-order valence-electron chi connectivity index (χ2n) is 6.88. The maximum Gasteiger partial charge on any atom is 0.338 e. The van der Waals surface area contributed by atoms with Crippen molar-refractivity contribution in [3.63, 3.8) is 0 Å². The Hall–Kier alpha value is -2.97. The fraction of sp³-hybridized carbons (Fsp3) is 0.318. The van der Waals surface area contributed by atoms with Gasteiger partial charge in [-0.3, -0.25) is 10.8 Å². The SMILES string of the molecule is COc1ccc(C(=N)N)cc1OCCOC(=O)c1ccc(C(=N)N2CCCC2)cc1.Cl.Cl. The maximum absolute atomic E-state index is 12.2. The van der Waals surface area contributed by atoms with Crippen molar-refractivity contribution in [3.05, 3.63) is 59.2 Å². The molecule has 1 heterocycles. The molecule has 0 aromatic heterocycles. The van der Waals surface area contributed by atoms with Crippen LogP contribution in [0.5, 0.6) is 11.5 Å². The summed E-state index contributed by atoms with van der Waals surface area (Å²) < 4.78 is 16.1. The minimum Gasteiger partial charge on any atom is -0.493 e. The Balaban J connectivity index is 0.00000256. The van der Waals surface area contributed by atoms with E-state index in [2.05, 4.69) is 0 Å². The van der Waals surface area contributed by atoms with E-state index in [0.717, 1.165) is 31.5 Å². The van der Waals surface area contributed by atoms with Crippen LogP contribution in [0.25, 0.3) is 0 Å². The van der Waals surface area contributed by atoms with Gasteiger partial charge in [0.05, 0.1) is 12.7 Å². The Morgan fingerprint density at radius 1 is 0.938 bits per heavy atom. The van der Waals surface area contributed by atoms with Gasteiger partial charge in [0, 0.05) is 24.2 Å². The summed E-state index contributed by atoms with van der Waals surface area (Å²) in [6, 6.07) is 11.8. The lowest BCUT2D eigenvalue weighted by molar-refractivity contribution is 0.0449. The predicted octanol–water partition coefficient (Wildman–Crippen LogP) is 3.48. The molecule has 0 atom stereocenters. The molecule has 1 saturated heterocycles. The lowest BCUT2D eigenvalue weighted by Gasteiger charge is -2.18. The molecule has 0 spiro atoms. The predicted molar refractivity (Wildman–Crippen MR) is 128 cm³/mol. The minimum absolute atomic E-state index is 0. The third kappa shape index (κ3) is 6.77. The summed E-state index contributed by atoms with van der Waals surface area (Å²) >= 11 is 0. The first kappa shape index (κ1) is 27.1. The molecular weight excluding hydrogens is 455 g/mol.